The van der Waals surface area contributed by atoms with Crippen molar-refractivity contribution in [1.29, 1.82) is 0 Å². The molecule has 0 saturated carbocycles. The van der Waals surface area contributed by atoms with Crippen LogP contribution in [0, 0.1) is 0 Å². The molecule has 0 aliphatic carbocycles. The third-order valence-electron chi connectivity index (χ3n) is 1.90. The lowest BCUT2D eigenvalue weighted by molar-refractivity contribution is -0.137. The maximum absolute atomic E-state index is 11.1. The van der Waals surface area contributed by atoms with E-state index >= 15 is 0 Å². The van der Waals surface area contributed by atoms with Crippen LogP contribution >= 0.6 is 0 Å². The van der Waals surface area contributed by atoms with Gasteiger partial charge in [0.05, 0.1) is 0 Å². The molecule has 0 bridgehead atoms. The highest BCUT2D eigenvalue weighted by atomic mass is 16.4. The van der Waals surface area contributed by atoms with E-state index in [1.54, 1.807) is 0 Å². The monoisotopic (exact) mass is 201 g/mol. The average Bonchev–Trinajstić information content (AvgIpc) is 2.13. The number of carboxylic acid groups (broad SMARTS) is 1. The first-order chi connectivity index (χ1) is 6.66. The number of carbonyl (C=O) groups excluding carboxylic acids is 1. The van der Waals surface area contributed by atoms with Gasteiger partial charge in [0.2, 0.25) is 5.91 Å². The van der Waals surface area contributed by atoms with Crippen LogP contribution in [-0.2, 0) is 9.59 Å². The number of amides is 1. The van der Waals surface area contributed by atoms with Gasteiger partial charge in [-0.1, -0.05) is 19.8 Å². The third-order valence-corrected chi connectivity index (χ3v) is 1.90. The van der Waals surface area contributed by atoms with Crippen molar-refractivity contribution < 1.29 is 14.7 Å². The molecule has 4 heteroatoms. The number of hydrogen-bond donors (Lipinski definition) is 2. The predicted molar refractivity (Wildman–Crippen MR) is 54.0 cm³/mol. The Morgan fingerprint density at radius 3 is 2.43 bits per heavy atom. The number of rotatable bonds is 8. The Labute approximate surface area is 84.7 Å². The van der Waals surface area contributed by atoms with Gasteiger partial charge in [0.1, 0.15) is 0 Å². The Morgan fingerprint density at radius 1 is 1.14 bits per heavy atom. The van der Waals surface area contributed by atoms with Gasteiger partial charge < -0.3 is 10.4 Å². The largest absolute Gasteiger partial charge is 0.481 e. The minimum atomic E-state index is -0.815. The van der Waals surface area contributed by atoms with E-state index in [0.29, 0.717) is 19.4 Å². The lowest BCUT2D eigenvalue weighted by Crippen LogP contribution is -2.24. The molecule has 0 heterocycles. The Hall–Kier alpha value is -1.06. The first-order valence-corrected chi connectivity index (χ1v) is 5.15. The minimum Gasteiger partial charge on any atom is -0.481 e. The van der Waals surface area contributed by atoms with Gasteiger partial charge >= 0.3 is 5.97 Å². The molecule has 4 nitrogen and oxygen atoms in total. The van der Waals surface area contributed by atoms with Crippen LogP contribution in [0.4, 0.5) is 0 Å². The zero-order valence-corrected chi connectivity index (χ0v) is 8.71. The number of nitrogens with one attached hydrogen (secondary N) is 1. The molecule has 0 atom stereocenters. The van der Waals surface area contributed by atoms with Crippen molar-refractivity contribution >= 4 is 11.9 Å². The van der Waals surface area contributed by atoms with Crippen molar-refractivity contribution in [2.75, 3.05) is 6.54 Å². The summed E-state index contributed by atoms with van der Waals surface area (Å²) in [6.45, 7) is 2.56. The SMILES string of the molecule is CCCCCC(=O)NCCCC(=O)O. The van der Waals surface area contributed by atoms with Gasteiger partial charge in [0, 0.05) is 19.4 Å². The first kappa shape index (κ1) is 12.9. The lowest BCUT2D eigenvalue weighted by atomic mass is 10.2. The van der Waals surface area contributed by atoms with Crippen LogP contribution in [0.3, 0.4) is 0 Å². The van der Waals surface area contributed by atoms with Gasteiger partial charge in [-0.05, 0) is 12.8 Å². The molecule has 0 rings (SSSR count). The number of carboxylic acids is 1. The minimum absolute atomic E-state index is 0.0313. The molecule has 14 heavy (non-hydrogen) atoms. The van der Waals surface area contributed by atoms with Crippen molar-refractivity contribution in [3.63, 3.8) is 0 Å². The van der Waals surface area contributed by atoms with Crippen molar-refractivity contribution in [3.8, 4) is 0 Å². The highest BCUT2D eigenvalue weighted by Crippen LogP contribution is 1.98. The van der Waals surface area contributed by atoms with E-state index < -0.39 is 5.97 Å². The summed E-state index contributed by atoms with van der Waals surface area (Å²) < 4.78 is 0. The average molecular weight is 201 g/mol. The summed E-state index contributed by atoms with van der Waals surface area (Å²) >= 11 is 0. The van der Waals surface area contributed by atoms with Crippen LogP contribution in [0.2, 0.25) is 0 Å². The van der Waals surface area contributed by atoms with Gasteiger partial charge in [-0.3, -0.25) is 9.59 Å². The fraction of sp³-hybridized carbons (Fsp3) is 0.800. The lowest BCUT2D eigenvalue weighted by Gasteiger charge is -2.03. The smallest absolute Gasteiger partial charge is 0.303 e. The summed E-state index contributed by atoms with van der Waals surface area (Å²) in [5.41, 5.74) is 0. The number of hydrogen-bond acceptors (Lipinski definition) is 2. The molecule has 0 aromatic heterocycles. The van der Waals surface area contributed by atoms with Crippen LogP contribution in [0.5, 0.6) is 0 Å². The van der Waals surface area contributed by atoms with Gasteiger partial charge in [0.25, 0.3) is 0 Å². The number of unbranched alkanes of at least 4 members (excludes halogenated alkanes) is 2. The van der Waals surface area contributed by atoms with E-state index in [4.69, 9.17) is 5.11 Å². The second-order valence-electron chi connectivity index (χ2n) is 3.30. The van der Waals surface area contributed by atoms with Crippen molar-refractivity contribution in [3.05, 3.63) is 0 Å². The Balaban J connectivity index is 3.22. The summed E-state index contributed by atoms with van der Waals surface area (Å²) in [4.78, 5) is 21.2. The molecule has 0 saturated heterocycles. The molecule has 0 spiro atoms. The van der Waals surface area contributed by atoms with Crippen molar-refractivity contribution in [1.82, 2.24) is 5.32 Å². The molecule has 0 aliphatic heterocycles. The highest BCUT2D eigenvalue weighted by Gasteiger charge is 2.00. The molecule has 0 aromatic rings. The van der Waals surface area contributed by atoms with E-state index in [-0.39, 0.29) is 12.3 Å². The van der Waals surface area contributed by atoms with Crippen molar-refractivity contribution in [2.24, 2.45) is 0 Å². The quantitative estimate of drug-likeness (QED) is 0.585. The molecule has 0 fully saturated rings. The summed E-state index contributed by atoms with van der Waals surface area (Å²) in [6.07, 6.45) is 4.28. The summed E-state index contributed by atoms with van der Waals surface area (Å²) in [5, 5.41) is 11.0. The fourth-order valence-electron chi connectivity index (χ4n) is 1.09. The zero-order valence-electron chi connectivity index (χ0n) is 8.71. The number of carbonyl (C=O) groups is 2. The second kappa shape index (κ2) is 8.53. The molecular formula is C10H19NO3. The van der Waals surface area contributed by atoms with E-state index in [2.05, 4.69) is 12.2 Å². The Kier molecular flexibility index (Phi) is 7.89. The summed E-state index contributed by atoms with van der Waals surface area (Å²) in [7, 11) is 0. The molecule has 0 unspecified atom stereocenters. The van der Waals surface area contributed by atoms with Crippen LogP contribution < -0.4 is 5.32 Å². The first-order valence-electron chi connectivity index (χ1n) is 5.15. The third kappa shape index (κ3) is 9.03. The molecule has 82 valence electrons. The fourth-order valence-corrected chi connectivity index (χ4v) is 1.09. The summed E-state index contributed by atoms with van der Waals surface area (Å²) in [6, 6.07) is 0. The van der Waals surface area contributed by atoms with E-state index in [9.17, 15) is 9.59 Å². The zero-order chi connectivity index (χ0) is 10.8. The van der Waals surface area contributed by atoms with Crippen molar-refractivity contribution in [2.45, 2.75) is 45.4 Å². The van der Waals surface area contributed by atoms with Gasteiger partial charge in [-0.15, -0.1) is 0 Å². The molecular weight excluding hydrogens is 182 g/mol. The predicted octanol–water partition coefficient (Wildman–Crippen LogP) is 1.55. The Bertz CT molecular complexity index is 180. The Morgan fingerprint density at radius 2 is 1.86 bits per heavy atom. The molecule has 0 radical (unpaired) electrons. The second-order valence-corrected chi connectivity index (χ2v) is 3.30. The molecule has 0 aliphatic rings. The van der Waals surface area contributed by atoms with Crippen LogP contribution in [-0.4, -0.2) is 23.5 Å². The highest BCUT2D eigenvalue weighted by molar-refractivity contribution is 5.75. The van der Waals surface area contributed by atoms with Gasteiger partial charge in [-0.25, -0.2) is 0 Å². The van der Waals surface area contributed by atoms with Gasteiger partial charge in [0.15, 0.2) is 0 Å². The topological polar surface area (TPSA) is 66.4 Å². The molecule has 1 amide bonds. The number of aliphatic carboxylic acids is 1. The summed E-state index contributed by atoms with van der Waals surface area (Å²) in [5.74, 6) is -0.783. The van der Waals surface area contributed by atoms with Crippen LogP contribution in [0.25, 0.3) is 0 Å². The van der Waals surface area contributed by atoms with Crippen LogP contribution in [0.1, 0.15) is 45.4 Å². The normalized spacial score (nSPS) is 9.79. The maximum Gasteiger partial charge on any atom is 0.303 e. The van der Waals surface area contributed by atoms with Crippen LogP contribution in [0.15, 0.2) is 0 Å². The molecule has 0 aromatic carbocycles. The van der Waals surface area contributed by atoms with E-state index in [0.717, 1.165) is 19.3 Å². The maximum atomic E-state index is 11.1. The molecule has 2 N–H and O–H groups in total. The van der Waals surface area contributed by atoms with E-state index in [1.807, 2.05) is 0 Å². The van der Waals surface area contributed by atoms with Gasteiger partial charge in [-0.2, -0.15) is 0 Å². The van der Waals surface area contributed by atoms with E-state index in [1.165, 1.54) is 0 Å². The standard InChI is InChI=1S/C10H19NO3/c1-2-3-4-6-9(12)11-8-5-7-10(13)14/h2-8H2,1H3,(H,11,12)(H,13,14).